The second-order valence-electron chi connectivity index (χ2n) is 14.5. The Balaban J connectivity index is 1.07. The number of rotatable bonds is 5. The predicted octanol–water partition coefficient (Wildman–Crippen LogP) is 13.0. The molecular weight excluding hydrogens is 699 g/mol. The Bertz CT molecular complexity index is 3430. The summed E-state index contributed by atoms with van der Waals surface area (Å²) in [6, 6.07) is 65.6. The molecule has 57 heavy (non-hydrogen) atoms. The number of furan rings is 1. The molecule has 4 aromatic heterocycles. The van der Waals surface area contributed by atoms with Crippen LogP contribution < -0.4 is 0 Å². The number of aromatic nitrogens is 5. The Kier molecular flexibility index (Phi) is 6.83. The minimum absolute atomic E-state index is 0.629. The van der Waals surface area contributed by atoms with E-state index in [-0.39, 0.29) is 0 Å². The minimum Gasteiger partial charge on any atom is -0.456 e. The second kappa shape index (κ2) is 12.3. The molecule has 6 heteroatoms. The Labute approximate surface area is 326 Å². The van der Waals surface area contributed by atoms with Crippen LogP contribution in [0.25, 0.3) is 111 Å². The van der Waals surface area contributed by atoms with Crippen molar-refractivity contribution in [1.82, 2.24) is 24.1 Å². The highest BCUT2D eigenvalue weighted by Gasteiger charge is 2.21. The summed E-state index contributed by atoms with van der Waals surface area (Å²) < 4.78 is 11.2. The van der Waals surface area contributed by atoms with Gasteiger partial charge in [0, 0.05) is 60.4 Å². The van der Waals surface area contributed by atoms with E-state index >= 15 is 0 Å². The van der Waals surface area contributed by atoms with Crippen LogP contribution in [-0.2, 0) is 0 Å². The molecule has 0 bridgehead atoms. The molecule has 0 N–H and O–H groups in total. The monoisotopic (exact) mass is 729 g/mol. The Hall–Kier alpha value is -7.83. The average molecular weight is 730 g/mol. The topological polar surface area (TPSA) is 61.7 Å². The maximum atomic E-state index is 6.42. The summed E-state index contributed by atoms with van der Waals surface area (Å²) in [4.78, 5) is 14.8. The first-order valence-electron chi connectivity index (χ1n) is 19.1. The van der Waals surface area contributed by atoms with E-state index in [4.69, 9.17) is 19.4 Å². The molecule has 12 aromatic rings. The van der Waals surface area contributed by atoms with Gasteiger partial charge in [0.1, 0.15) is 11.2 Å². The molecule has 0 aliphatic rings. The first-order valence-corrected chi connectivity index (χ1v) is 19.1. The SMILES string of the molecule is c1ccc(-c2nc(-c3ccccc3)nc(-c3ccc(-n4c5ccccc5c5cc6c7cc8oc9ccccc9c8cc7n(-c7ccccc7)c6cc54)cc3)n2)cc1. The highest BCUT2D eigenvalue weighted by Crippen LogP contribution is 2.42. The molecule has 4 heterocycles. The zero-order valence-corrected chi connectivity index (χ0v) is 30.5. The summed E-state index contributed by atoms with van der Waals surface area (Å²) >= 11 is 0. The van der Waals surface area contributed by atoms with Gasteiger partial charge in [-0.3, -0.25) is 0 Å². The van der Waals surface area contributed by atoms with Gasteiger partial charge in [-0.2, -0.15) is 0 Å². The molecule has 0 fully saturated rings. The first-order chi connectivity index (χ1) is 28.2. The Morgan fingerprint density at radius 2 is 0.772 bits per heavy atom. The number of fused-ring (bicyclic) bond motifs is 9. The number of nitrogens with zero attached hydrogens (tertiary/aromatic N) is 5. The number of hydrogen-bond donors (Lipinski definition) is 0. The lowest BCUT2D eigenvalue weighted by molar-refractivity contribution is 0.669. The van der Waals surface area contributed by atoms with Crippen LogP contribution in [0, 0.1) is 0 Å². The third kappa shape index (κ3) is 4.94. The maximum absolute atomic E-state index is 6.42. The Morgan fingerprint density at radius 1 is 0.298 bits per heavy atom. The van der Waals surface area contributed by atoms with Crippen LogP contribution in [-0.4, -0.2) is 24.1 Å². The third-order valence-corrected chi connectivity index (χ3v) is 11.2. The van der Waals surface area contributed by atoms with Gasteiger partial charge < -0.3 is 13.6 Å². The Morgan fingerprint density at radius 3 is 1.44 bits per heavy atom. The van der Waals surface area contributed by atoms with Crippen molar-refractivity contribution in [2.24, 2.45) is 0 Å². The lowest BCUT2D eigenvalue weighted by atomic mass is 10.1. The summed E-state index contributed by atoms with van der Waals surface area (Å²) in [5.74, 6) is 1.92. The zero-order chi connectivity index (χ0) is 37.5. The normalized spacial score (nSPS) is 11.9. The number of hydrogen-bond acceptors (Lipinski definition) is 4. The van der Waals surface area contributed by atoms with E-state index in [1.165, 1.54) is 16.2 Å². The fraction of sp³-hybridized carbons (Fsp3) is 0. The van der Waals surface area contributed by atoms with Gasteiger partial charge in [0.25, 0.3) is 0 Å². The number of benzene rings is 8. The van der Waals surface area contributed by atoms with E-state index in [1.54, 1.807) is 0 Å². The van der Waals surface area contributed by atoms with Crippen LogP contribution in [0.15, 0.2) is 192 Å². The molecule has 0 spiro atoms. The van der Waals surface area contributed by atoms with Gasteiger partial charge >= 0.3 is 0 Å². The lowest BCUT2D eigenvalue weighted by Crippen LogP contribution is -2.00. The maximum Gasteiger partial charge on any atom is 0.164 e. The van der Waals surface area contributed by atoms with Crippen molar-refractivity contribution in [3.63, 3.8) is 0 Å². The zero-order valence-electron chi connectivity index (χ0n) is 30.5. The van der Waals surface area contributed by atoms with Crippen LogP contribution in [0.3, 0.4) is 0 Å². The fourth-order valence-corrected chi connectivity index (χ4v) is 8.53. The third-order valence-electron chi connectivity index (χ3n) is 11.2. The van der Waals surface area contributed by atoms with Crippen molar-refractivity contribution in [1.29, 1.82) is 0 Å². The quantitative estimate of drug-likeness (QED) is 0.177. The van der Waals surface area contributed by atoms with Gasteiger partial charge in [0.15, 0.2) is 17.5 Å². The predicted molar refractivity (Wildman–Crippen MR) is 232 cm³/mol. The molecule has 12 rings (SSSR count). The average Bonchev–Trinajstić information content (AvgIpc) is 3.92. The summed E-state index contributed by atoms with van der Waals surface area (Å²) in [5, 5.41) is 6.96. The van der Waals surface area contributed by atoms with E-state index in [0.29, 0.717) is 17.5 Å². The van der Waals surface area contributed by atoms with Gasteiger partial charge in [-0.1, -0.05) is 115 Å². The van der Waals surface area contributed by atoms with Crippen LogP contribution in [0.1, 0.15) is 0 Å². The van der Waals surface area contributed by atoms with E-state index in [0.717, 1.165) is 77.5 Å². The summed E-state index contributed by atoms with van der Waals surface area (Å²) in [5.41, 5.74) is 11.3. The molecule has 0 aliphatic carbocycles. The van der Waals surface area contributed by atoms with Crippen molar-refractivity contribution in [2.75, 3.05) is 0 Å². The van der Waals surface area contributed by atoms with E-state index < -0.39 is 0 Å². The molecule has 8 aromatic carbocycles. The van der Waals surface area contributed by atoms with E-state index in [2.05, 4.69) is 124 Å². The molecule has 0 atom stereocenters. The summed E-state index contributed by atoms with van der Waals surface area (Å²) in [6.45, 7) is 0. The molecule has 0 aliphatic heterocycles. The van der Waals surface area contributed by atoms with Crippen molar-refractivity contribution < 1.29 is 4.42 Å². The van der Waals surface area contributed by atoms with Gasteiger partial charge in [-0.05, 0) is 72.8 Å². The summed E-state index contributed by atoms with van der Waals surface area (Å²) in [6.07, 6.45) is 0. The van der Waals surface area contributed by atoms with Crippen LogP contribution in [0.5, 0.6) is 0 Å². The molecule has 0 amide bonds. The highest BCUT2D eigenvalue weighted by atomic mass is 16.3. The van der Waals surface area contributed by atoms with Crippen molar-refractivity contribution >= 4 is 65.6 Å². The molecular formula is C51H31N5O. The van der Waals surface area contributed by atoms with Crippen molar-refractivity contribution in [3.05, 3.63) is 188 Å². The smallest absolute Gasteiger partial charge is 0.164 e. The van der Waals surface area contributed by atoms with Crippen molar-refractivity contribution in [3.8, 4) is 45.5 Å². The summed E-state index contributed by atoms with van der Waals surface area (Å²) in [7, 11) is 0. The lowest BCUT2D eigenvalue weighted by Gasteiger charge is -2.11. The second-order valence-corrected chi connectivity index (χ2v) is 14.5. The van der Waals surface area contributed by atoms with Gasteiger partial charge in [0.05, 0.1) is 22.1 Å². The van der Waals surface area contributed by atoms with E-state index in [1.807, 2.05) is 72.8 Å². The molecule has 6 nitrogen and oxygen atoms in total. The van der Waals surface area contributed by atoms with Crippen molar-refractivity contribution in [2.45, 2.75) is 0 Å². The molecule has 0 unspecified atom stereocenters. The van der Waals surface area contributed by atoms with Crippen LogP contribution in [0.4, 0.5) is 0 Å². The highest BCUT2D eigenvalue weighted by molar-refractivity contribution is 6.22. The standard InChI is InChI=1S/C51H31N5O/c1-4-14-32(15-5-1)49-52-50(33-16-6-2-7-17-33)54-51(53-49)34-24-26-36(27-25-34)55-43-22-12-10-20-37(43)39-28-40-41-30-48-42(38-21-11-13-23-47(38)57-48)29-44(41)56(46(40)31-45(39)55)35-18-8-3-9-19-35/h1-31H. The van der Waals surface area contributed by atoms with Crippen LogP contribution >= 0.6 is 0 Å². The van der Waals surface area contributed by atoms with Gasteiger partial charge in [-0.25, -0.2) is 15.0 Å². The molecule has 0 saturated heterocycles. The minimum atomic E-state index is 0.629. The first kappa shape index (κ1) is 31.5. The van der Waals surface area contributed by atoms with Gasteiger partial charge in [-0.15, -0.1) is 0 Å². The molecule has 0 saturated carbocycles. The van der Waals surface area contributed by atoms with E-state index in [9.17, 15) is 0 Å². The fourth-order valence-electron chi connectivity index (χ4n) is 8.53. The van der Waals surface area contributed by atoms with Crippen LogP contribution in [0.2, 0.25) is 0 Å². The molecule has 266 valence electrons. The number of para-hydroxylation sites is 3. The molecule has 0 radical (unpaired) electrons. The van der Waals surface area contributed by atoms with Gasteiger partial charge in [0.2, 0.25) is 0 Å². The largest absolute Gasteiger partial charge is 0.456 e.